The number of carbonyl (C=O) groups excluding carboxylic acids is 2. The van der Waals surface area contributed by atoms with Crippen LogP contribution in [0.5, 0.6) is 0 Å². The maximum Gasteiger partial charge on any atom is 0.418 e. The van der Waals surface area contributed by atoms with Crippen molar-refractivity contribution in [3.8, 4) is 0 Å². The van der Waals surface area contributed by atoms with Crippen molar-refractivity contribution in [3.05, 3.63) is 35.9 Å². The zero-order valence-corrected chi connectivity index (χ0v) is 12.4. The van der Waals surface area contributed by atoms with Gasteiger partial charge in [-0.15, -0.1) is 0 Å². The van der Waals surface area contributed by atoms with Crippen molar-refractivity contribution >= 4 is 11.9 Å². The standard InChI is InChI=1S/C15H16F3NO4/c1-2-22-12(20)8-14(15(16,17)18)13(21)23-9-11(19-14)10-6-4-3-5-7-10/h3-7,11,19H,2,8-9H2,1H3/t11-,14+/m0/s1. The number of nitrogens with one attached hydrogen (secondary N) is 1. The van der Waals surface area contributed by atoms with Crippen LogP contribution in [0.3, 0.4) is 0 Å². The maximum absolute atomic E-state index is 13.6. The number of cyclic esters (lactones) is 1. The molecule has 0 aromatic heterocycles. The van der Waals surface area contributed by atoms with Gasteiger partial charge in [0.25, 0.3) is 0 Å². The average molecular weight is 331 g/mol. The van der Waals surface area contributed by atoms with Crippen LogP contribution in [0.15, 0.2) is 30.3 Å². The van der Waals surface area contributed by atoms with Crippen molar-refractivity contribution in [2.24, 2.45) is 0 Å². The van der Waals surface area contributed by atoms with Crippen LogP contribution in [0, 0.1) is 0 Å². The number of hydrogen-bond donors (Lipinski definition) is 1. The van der Waals surface area contributed by atoms with Crippen molar-refractivity contribution in [1.29, 1.82) is 0 Å². The number of benzene rings is 1. The highest BCUT2D eigenvalue weighted by atomic mass is 19.4. The minimum Gasteiger partial charge on any atom is -0.466 e. The second kappa shape index (κ2) is 6.57. The Bertz CT molecular complexity index is 576. The topological polar surface area (TPSA) is 64.6 Å². The van der Waals surface area contributed by atoms with Crippen molar-refractivity contribution in [1.82, 2.24) is 5.32 Å². The van der Waals surface area contributed by atoms with Gasteiger partial charge in [-0.3, -0.25) is 10.1 Å². The van der Waals surface area contributed by atoms with E-state index in [0.29, 0.717) is 5.56 Å². The van der Waals surface area contributed by atoms with Gasteiger partial charge in [-0.2, -0.15) is 13.2 Å². The van der Waals surface area contributed by atoms with Gasteiger partial charge in [-0.25, -0.2) is 4.79 Å². The lowest BCUT2D eigenvalue weighted by molar-refractivity contribution is -0.228. The van der Waals surface area contributed by atoms with Crippen molar-refractivity contribution < 1.29 is 32.2 Å². The van der Waals surface area contributed by atoms with Crippen LogP contribution >= 0.6 is 0 Å². The smallest absolute Gasteiger partial charge is 0.418 e. The third-order valence-electron chi connectivity index (χ3n) is 3.55. The normalized spacial score (nSPS) is 24.9. The van der Waals surface area contributed by atoms with Crippen LogP contribution in [0.4, 0.5) is 13.2 Å². The molecule has 0 radical (unpaired) electrons. The number of alkyl halides is 3. The monoisotopic (exact) mass is 331 g/mol. The van der Waals surface area contributed by atoms with Gasteiger partial charge in [0.2, 0.25) is 5.54 Å². The molecule has 0 spiro atoms. The summed E-state index contributed by atoms with van der Waals surface area (Å²) < 4.78 is 50.0. The molecular formula is C15H16F3NO4. The lowest BCUT2D eigenvalue weighted by Gasteiger charge is -2.40. The Labute approximate surface area is 130 Å². The number of esters is 2. The molecule has 0 saturated carbocycles. The Morgan fingerprint density at radius 2 is 2.04 bits per heavy atom. The van der Waals surface area contributed by atoms with Crippen LogP contribution in [0.1, 0.15) is 24.9 Å². The second-order valence-electron chi connectivity index (χ2n) is 5.09. The van der Waals surface area contributed by atoms with Gasteiger partial charge in [-0.1, -0.05) is 30.3 Å². The summed E-state index contributed by atoms with van der Waals surface area (Å²) in [7, 11) is 0. The summed E-state index contributed by atoms with van der Waals surface area (Å²) >= 11 is 0. The van der Waals surface area contributed by atoms with E-state index < -0.39 is 36.1 Å². The van der Waals surface area contributed by atoms with Gasteiger partial charge >= 0.3 is 18.1 Å². The minimum atomic E-state index is -5.01. The van der Waals surface area contributed by atoms with Crippen LogP contribution in [-0.2, 0) is 19.1 Å². The molecule has 1 N–H and O–H groups in total. The summed E-state index contributed by atoms with van der Waals surface area (Å²) in [6, 6.07) is 7.39. The molecule has 1 saturated heterocycles. The zero-order valence-electron chi connectivity index (χ0n) is 12.4. The van der Waals surface area contributed by atoms with E-state index in [9.17, 15) is 22.8 Å². The van der Waals surface area contributed by atoms with Crippen LogP contribution in [-0.4, -0.2) is 36.9 Å². The molecule has 0 amide bonds. The minimum absolute atomic E-state index is 0.0794. The molecule has 126 valence electrons. The first kappa shape index (κ1) is 17.3. The summed E-state index contributed by atoms with van der Waals surface area (Å²) in [4.78, 5) is 23.4. The molecule has 0 bridgehead atoms. The molecule has 1 heterocycles. The largest absolute Gasteiger partial charge is 0.466 e. The van der Waals surface area contributed by atoms with Crippen molar-refractivity contribution in [2.75, 3.05) is 13.2 Å². The number of hydrogen-bond acceptors (Lipinski definition) is 5. The molecule has 1 aromatic rings. The molecule has 0 aliphatic carbocycles. The molecule has 2 atom stereocenters. The van der Waals surface area contributed by atoms with E-state index in [1.807, 2.05) is 0 Å². The molecule has 8 heteroatoms. The summed E-state index contributed by atoms with van der Waals surface area (Å²) in [6.07, 6.45) is -6.18. The summed E-state index contributed by atoms with van der Waals surface area (Å²) in [5.41, 5.74) is -2.59. The molecule has 1 aliphatic heterocycles. The van der Waals surface area contributed by atoms with E-state index in [1.54, 1.807) is 30.3 Å². The van der Waals surface area contributed by atoms with E-state index in [2.05, 4.69) is 10.1 Å². The zero-order chi connectivity index (χ0) is 17.1. The highest BCUT2D eigenvalue weighted by Crippen LogP contribution is 2.39. The second-order valence-corrected chi connectivity index (χ2v) is 5.09. The lowest BCUT2D eigenvalue weighted by atomic mass is 9.90. The molecule has 23 heavy (non-hydrogen) atoms. The first-order chi connectivity index (χ1) is 10.8. The highest BCUT2D eigenvalue weighted by Gasteiger charge is 2.65. The van der Waals surface area contributed by atoms with E-state index in [-0.39, 0.29) is 13.2 Å². The number of morpholine rings is 1. The molecule has 1 aliphatic rings. The fourth-order valence-electron chi connectivity index (χ4n) is 2.39. The van der Waals surface area contributed by atoms with Crippen molar-refractivity contribution in [2.45, 2.75) is 31.1 Å². The Balaban J connectivity index is 2.34. The Morgan fingerprint density at radius 1 is 1.39 bits per heavy atom. The SMILES string of the molecule is CCOC(=O)C[C@@]1(C(F)(F)F)N[C@H](c2ccccc2)COC1=O. The summed E-state index contributed by atoms with van der Waals surface area (Å²) in [6.45, 7) is 1.14. The summed E-state index contributed by atoms with van der Waals surface area (Å²) in [5.74, 6) is -2.65. The first-order valence-electron chi connectivity index (χ1n) is 7.02. The van der Waals surface area contributed by atoms with Crippen LogP contribution in [0.25, 0.3) is 0 Å². The predicted molar refractivity (Wildman–Crippen MR) is 73.3 cm³/mol. The van der Waals surface area contributed by atoms with Gasteiger partial charge in [0.1, 0.15) is 6.61 Å². The van der Waals surface area contributed by atoms with Gasteiger partial charge in [0.05, 0.1) is 19.1 Å². The van der Waals surface area contributed by atoms with Crippen LogP contribution < -0.4 is 5.32 Å². The number of halogens is 3. The Hall–Kier alpha value is -2.09. The molecule has 1 fully saturated rings. The van der Waals surface area contributed by atoms with E-state index in [1.165, 1.54) is 6.92 Å². The molecular weight excluding hydrogens is 315 g/mol. The molecule has 0 unspecified atom stereocenters. The van der Waals surface area contributed by atoms with E-state index >= 15 is 0 Å². The maximum atomic E-state index is 13.6. The van der Waals surface area contributed by atoms with E-state index in [4.69, 9.17) is 4.74 Å². The lowest BCUT2D eigenvalue weighted by Crippen LogP contribution is -2.67. The predicted octanol–water partition coefficient (Wildman–Crippen LogP) is 2.13. The molecule has 2 rings (SSSR count). The average Bonchev–Trinajstić information content (AvgIpc) is 2.49. The Morgan fingerprint density at radius 3 is 2.61 bits per heavy atom. The number of carbonyl (C=O) groups is 2. The fourth-order valence-corrected chi connectivity index (χ4v) is 2.39. The van der Waals surface area contributed by atoms with Gasteiger partial charge < -0.3 is 9.47 Å². The van der Waals surface area contributed by atoms with Gasteiger partial charge in [0.15, 0.2) is 0 Å². The third kappa shape index (κ3) is 3.47. The van der Waals surface area contributed by atoms with Gasteiger partial charge in [0, 0.05) is 0 Å². The van der Waals surface area contributed by atoms with Crippen LogP contribution in [0.2, 0.25) is 0 Å². The molecule has 5 nitrogen and oxygen atoms in total. The number of ether oxygens (including phenoxy) is 2. The first-order valence-corrected chi connectivity index (χ1v) is 7.02. The fraction of sp³-hybridized carbons (Fsp3) is 0.467. The third-order valence-corrected chi connectivity index (χ3v) is 3.55. The van der Waals surface area contributed by atoms with Gasteiger partial charge in [-0.05, 0) is 12.5 Å². The van der Waals surface area contributed by atoms with Crippen molar-refractivity contribution in [3.63, 3.8) is 0 Å². The summed E-state index contributed by atoms with van der Waals surface area (Å²) in [5, 5.41) is 2.26. The quantitative estimate of drug-likeness (QED) is 0.856. The molecule has 1 aromatic carbocycles. The highest BCUT2D eigenvalue weighted by molar-refractivity contribution is 5.88. The Kier molecular flexibility index (Phi) is 4.93. The van der Waals surface area contributed by atoms with E-state index in [0.717, 1.165) is 0 Å². The number of rotatable bonds is 4.